The normalized spacial score (nSPS) is 16.3. The number of carbonyl (C=O) groups is 2. The van der Waals surface area contributed by atoms with E-state index < -0.39 is 41.7 Å². The Labute approximate surface area is 247 Å². The number of amides is 2. The Bertz CT molecular complexity index is 1420. The lowest BCUT2D eigenvalue weighted by Gasteiger charge is -2.32. The standard InChI is InChI=1S/C31H40BN3O7/c1-19-12-14-20(15-13-19)23-17-24(40-34-23)22-16-21(32-41-30(8,9)31(10,11)42-32)18-33-25(22)35(26(36)38-28(2,3)4)27(37)39-29(5,6)7/h12-18H,1-11H3. The van der Waals surface area contributed by atoms with E-state index in [-0.39, 0.29) is 11.6 Å². The number of imide groups is 1. The van der Waals surface area contributed by atoms with Crippen molar-refractivity contribution in [2.75, 3.05) is 4.90 Å². The molecule has 4 rings (SSSR count). The number of rotatable bonds is 4. The van der Waals surface area contributed by atoms with Crippen molar-refractivity contribution in [1.29, 1.82) is 0 Å². The minimum atomic E-state index is -0.952. The molecule has 3 aromatic rings. The van der Waals surface area contributed by atoms with Gasteiger partial charge in [-0.1, -0.05) is 35.0 Å². The number of nitrogens with zero attached hydrogens (tertiary/aromatic N) is 3. The highest BCUT2D eigenvalue weighted by Crippen LogP contribution is 2.38. The summed E-state index contributed by atoms with van der Waals surface area (Å²) in [6, 6.07) is 11.3. The molecule has 1 saturated heterocycles. The molecule has 0 spiro atoms. The third kappa shape index (κ3) is 6.85. The number of aryl methyl sites for hydroxylation is 1. The number of aromatic nitrogens is 2. The van der Waals surface area contributed by atoms with Gasteiger partial charge in [-0.05, 0) is 82.2 Å². The lowest BCUT2D eigenvalue weighted by atomic mass is 9.79. The van der Waals surface area contributed by atoms with Crippen molar-refractivity contribution < 1.29 is 32.9 Å². The summed E-state index contributed by atoms with van der Waals surface area (Å²) >= 11 is 0. The van der Waals surface area contributed by atoms with Crippen molar-refractivity contribution in [3.8, 4) is 22.6 Å². The van der Waals surface area contributed by atoms with Crippen molar-refractivity contribution in [2.45, 2.75) is 98.6 Å². The fraction of sp³-hybridized carbons (Fsp3) is 0.484. The average Bonchev–Trinajstić information content (AvgIpc) is 3.39. The number of anilines is 1. The minimum Gasteiger partial charge on any atom is -0.443 e. The summed E-state index contributed by atoms with van der Waals surface area (Å²) in [6.45, 7) is 20.0. The zero-order chi connectivity index (χ0) is 31.3. The van der Waals surface area contributed by atoms with E-state index in [1.807, 2.05) is 58.9 Å². The number of hydrogen-bond donors (Lipinski definition) is 0. The SMILES string of the molecule is Cc1ccc(-c2cc(-c3cc(B4OC(C)(C)C(C)(C)O4)cnc3N(C(=O)OC(C)(C)C)C(=O)OC(C)(C)C)on2)cc1. The van der Waals surface area contributed by atoms with Gasteiger partial charge in [0.05, 0.1) is 16.8 Å². The predicted molar refractivity (Wildman–Crippen MR) is 161 cm³/mol. The maximum atomic E-state index is 13.5. The fourth-order valence-electron chi connectivity index (χ4n) is 4.07. The van der Waals surface area contributed by atoms with Crippen LogP contribution in [0.4, 0.5) is 15.4 Å². The van der Waals surface area contributed by atoms with Crippen LogP contribution < -0.4 is 10.4 Å². The topological polar surface area (TPSA) is 113 Å². The van der Waals surface area contributed by atoms with E-state index >= 15 is 0 Å². The summed E-state index contributed by atoms with van der Waals surface area (Å²) in [5, 5.41) is 4.26. The molecule has 1 aromatic carbocycles. The van der Waals surface area contributed by atoms with E-state index in [2.05, 4.69) is 10.1 Å². The van der Waals surface area contributed by atoms with Crippen LogP contribution in [0.1, 0.15) is 74.8 Å². The highest BCUT2D eigenvalue weighted by molar-refractivity contribution is 6.62. The molecule has 0 aliphatic carbocycles. The molecule has 10 nitrogen and oxygen atoms in total. The van der Waals surface area contributed by atoms with E-state index in [0.717, 1.165) is 16.0 Å². The summed E-state index contributed by atoms with van der Waals surface area (Å²) in [5.74, 6) is 0.217. The molecule has 0 atom stereocenters. The monoisotopic (exact) mass is 577 g/mol. The Morgan fingerprint density at radius 3 is 1.88 bits per heavy atom. The number of benzene rings is 1. The van der Waals surface area contributed by atoms with Gasteiger partial charge in [0.25, 0.3) is 0 Å². The summed E-state index contributed by atoms with van der Waals surface area (Å²) in [5.41, 5.74) is 0.381. The number of ether oxygens (including phenoxy) is 2. The van der Waals surface area contributed by atoms with Gasteiger partial charge in [0.2, 0.25) is 0 Å². The van der Waals surface area contributed by atoms with Crippen LogP contribution in [0.25, 0.3) is 22.6 Å². The fourth-order valence-corrected chi connectivity index (χ4v) is 4.07. The largest absolute Gasteiger partial charge is 0.496 e. The van der Waals surface area contributed by atoms with Crippen LogP contribution in [0.5, 0.6) is 0 Å². The summed E-state index contributed by atoms with van der Waals surface area (Å²) in [7, 11) is -0.758. The van der Waals surface area contributed by atoms with Crippen LogP contribution in [-0.2, 0) is 18.8 Å². The molecule has 224 valence electrons. The Kier molecular flexibility index (Phi) is 8.07. The molecular formula is C31H40BN3O7. The van der Waals surface area contributed by atoms with E-state index in [9.17, 15) is 9.59 Å². The zero-order valence-corrected chi connectivity index (χ0v) is 26.3. The maximum Gasteiger partial charge on any atom is 0.496 e. The van der Waals surface area contributed by atoms with E-state index in [1.54, 1.807) is 53.7 Å². The van der Waals surface area contributed by atoms with Crippen molar-refractivity contribution in [2.24, 2.45) is 0 Å². The zero-order valence-electron chi connectivity index (χ0n) is 26.3. The molecular weight excluding hydrogens is 537 g/mol. The van der Waals surface area contributed by atoms with Crippen molar-refractivity contribution >= 4 is 30.6 Å². The summed E-state index contributed by atoms with van der Waals surface area (Å²) in [6.07, 6.45) is -0.403. The van der Waals surface area contributed by atoms with E-state index in [1.165, 1.54) is 6.20 Å². The van der Waals surface area contributed by atoms with Gasteiger partial charge in [-0.25, -0.2) is 14.6 Å². The molecule has 2 aromatic heterocycles. The Morgan fingerprint density at radius 1 is 0.857 bits per heavy atom. The molecule has 2 amide bonds. The highest BCUT2D eigenvalue weighted by atomic mass is 16.7. The molecule has 1 fully saturated rings. The van der Waals surface area contributed by atoms with Crippen LogP contribution in [0.3, 0.4) is 0 Å². The molecule has 0 radical (unpaired) electrons. The van der Waals surface area contributed by atoms with Gasteiger partial charge in [0, 0.05) is 23.3 Å². The lowest BCUT2D eigenvalue weighted by Crippen LogP contribution is -2.45. The van der Waals surface area contributed by atoms with Crippen LogP contribution in [0.15, 0.2) is 47.1 Å². The summed E-state index contributed by atoms with van der Waals surface area (Å²) in [4.78, 5) is 32.4. The smallest absolute Gasteiger partial charge is 0.443 e. The van der Waals surface area contributed by atoms with Crippen LogP contribution in [-0.4, -0.2) is 51.8 Å². The van der Waals surface area contributed by atoms with Gasteiger partial charge < -0.3 is 23.3 Å². The molecule has 1 aliphatic rings. The van der Waals surface area contributed by atoms with Gasteiger partial charge >= 0.3 is 19.3 Å². The maximum absolute atomic E-state index is 13.5. The molecule has 0 bridgehead atoms. The van der Waals surface area contributed by atoms with Crippen LogP contribution in [0.2, 0.25) is 0 Å². The van der Waals surface area contributed by atoms with Crippen LogP contribution in [0, 0.1) is 6.92 Å². The quantitative estimate of drug-likeness (QED) is 0.313. The first-order valence-electron chi connectivity index (χ1n) is 13.9. The van der Waals surface area contributed by atoms with E-state index in [0.29, 0.717) is 16.7 Å². The highest BCUT2D eigenvalue weighted by Gasteiger charge is 2.52. The molecule has 0 N–H and O–H groups in total. The van der Waals surface area contributed by atoms with Gasteiger partial charge in [-0.3, -0.25) is 0 Å². The first-order valence-corrected chi connectivity index (χ1v) is 13.9. The lowest BCUT2D eigenvalue weighted by molar-refractivity contribution is 0.00578. The first kappa shape index (κ1) is 31.2. The van der Waals surface area contributed by atoms with Crippen molar-refractivity contribution in [3.05, 3.63) is 48.2 Å². The van der Waals surface area contributed by atoms with Gasteiger partial charge in [-0.2, -0.15) is 4.90 Å². The van der Waals surface area contributed by atoms with E-state index in [4.69, 9.17) is 23.3 Å². The third-order valence-corrected chi connectivity index (χ3v) is 6.90. The molecule has 42 heavy (non-hydrogen) atoms. The molecule has 0 saturated carbocycles. The van der Waals surface area contributed by atoms with Crippen LogP contribution >= 0.6 is 0 Å². The number of carbonyl (C=O) groups excluding carboxylic acids is 2. The Balaban J connectivity index is 1.87. The second-order valence-corrected chi connectivity index (χ2v) is 13.5. The van der Waals surface area contributed by atoms with Crippen molar-refractivity contribution in [1.82, 2.24) is 10.1 Å². The van der Waals surface area contributed by atoms with Gasteiger partial charge in [0.15, 0.2) is 11.6 Å². The molecule has 3 heterocycles. The molecule has 11 heteroatoms. The third-order valence-electron chi connectivity index (χ3n) is 6.90. The number of hydrogen-bond acceptors (Lipinski definition) is 9. The second-order valence-electron chi connectivity index (χ2n) is 13.5. The molecule has 1 aliphatic heterocycles. The van der Waals surface area contributed by atoms with Gasteiger partial charge in [-0.15, -0.1) is 0 Å². The second kappa shape index (κ2) is 10.9. The Morgan fingerprint density at radius 2 is 1.38 bits per heavy atom. The summed E-state index contributed by atoms with van der Waals surface area (Å²) < 4.78 is 29.5. The predicted octanol–water partition coefficient (Wildman–Crippen LogP) is 6.69. The average molecular weight is 577 g/mol. The first-order chi connectivity index (χ1) is 19.3. The van der Waals surface area contributed by atoms with Crippen molar-refractivity contribution in [3.63, 3.8) is 0 Å². The minimum absolute atomic E-state index is 0.0506. The van der Waals surface area contributed by atoms with Gasteiger partial charge in [0.1, 0.15) is 16.9 Å². The number of pyridine rings is 1. The Hall–Kier alpha value is -3.70. The molecule has 0 unspecified atom stereocenters.